The first kappa shape index (κ1) is 19.2. The zero-order valence-electron chi connectivity index (χ0n) is 14.9. The van der Waals surface area contributed by atoms with Crippen LogP contribution in [-0.2, 0) is 0 Å². The fraction of sp³-hybridized carbons (Fsp3) is 0.409. The predicted octanol–water partition coefficient (Wildman–Crippen LogP) is 4.02. The number of likely N-dealkylation sites (tertiary alicyclic amines) is 1. The standard InChI is InChI=1S/C21H25N3O2.CH4/c22-19-3-1-2-4-20(19)23-21(25)16-7-9-17(10-8-16)26-18-11-12-24(14-18)13-15-5-6-15;/h1-4,7-10,15,18H,5-6,11-14,22H2,(H,23,25);1H4/t18-;/m0./s1. The van der Waals surface area contributed by atoms with Crippen LogP contribution < -0.4 is 15.8 Å². The summed E-state index contributed by atoms with van der Waals surface area (Å²) in [5, 5.41) is 2.84. The van der Waals surface area contributed by atoms with E-state index >= 15 is 0 Å². The molecule has 1 aliphatic heterocycles. The first-order valence-electron chi connectivity index (χ1n) is 9.32. The largest absolute Gasteiger partial charge is 0.489 e. The van der Waals surface area contributed by atoms with Crippen LogP contribution in [0.5, 0.6) is 5.75 Å². The van der Waals surface area contributed by atoms with Gasteiger partial charge in [0, 0.05) is 25.2 Å². The van der Waals surface area contributed by atoms with Gasteiger partial charge < -0.3 is 15.8 Å². The molecule has 0 spiro atoms. The van der Waals surface area contributed by atoms with Crippen molar-refractivity contribution in [2.24, 2.45) is 5.92 Å². The van der Waals surface area contributed by atoms with Crippen molar-refractivity contribution in [3.8, 4) is 5.75 Å². The second kappa shape index (κ2) is 8.44. The van der Waals surface area contributed by atoms with Crippen LogP contribution >= 0.6 is 0 Å². The number of nitrogens with zero attached hydrogens (tertiary/aromatic N) is 1. The first-order chi connectivity index (χ1) is 12.7. The normalized spacial score (nSPS) is 19.3. The molecule has 1 aliphatic carbocycles. The zero-order chi connectivity index (χ0) is 17.9. The van der Waals surface area contributed by atoms with E-state index in [9.17, 15) is 4.79 Å². The Morgan fingerprint density at radius 1 is 1.11 bits per heavy atom. The van der Waals surface area contributed by atoms with Gasteiger partial charge in [0.25, 0.3) is 5.91 Å². The minimum Gasteiger partial charge on any atom is -0.489 e. The molecule has 2 fully saturated rings. The molecule has 0 unspecified atom stereocenters. The molecule has 2 aromatic rings. The van der Waals surface area contributed by atoms with E-state index in [-0.39, 0.29) is 19.4 Å². The number of carbonyl (C=O) groups is 1. The van der Waals surface area contributed by atoms with Crippen LogP contribution in [0, 0.1) is 5.92 Å². The van der Waals surface area contributed by atoms with E-state index in [0.29, 0.717) is 16.9 Å². The number of nitrogen functional groups attached to an aromatic ring is 1. The van der Waals surface area contributed by atoms with Crippen LogP contribution in [0.2, 0.25) is 0 Å². The molecule has 2 aromatic carbocycles. The molecule has 1 atom stereocenters. The van der Waals surface area contributed by atoms with E-state index in [1.807, 2.05) is 24.3 Å². The summed E-state index contributed by atoms with van der Waals surface area (Å²) in [6, 6.07) is 14.6. The fourth-order valence-electron chi connectivity index (χ4n) is 3.41. The Hall–Kier alpha value is -2.53. The molecule has 144 valence electrons. The van der Waals surface area contributed by atoms with Crippen molar-refractivity contribution >= 4 is 17.3 Å². The van der Waals surface area contributed by atoms with Crippen molar-refractivity contribution in [1.29, 1.82) is 0 Å². The summed E-state index contributed by atoms with van der Waals surface area (Å²) >= 11 is 0. The number of hydrogen-bond acceptors (Lipinski definition) is 4. The number of para-hydroxylation sites is 2. The average Bonchev–Trinajstić information content (AvgIpc) is 3.35. The van der Waals surface area contributed by atoms with Crippen molar-refractivity contribution in [1.82, 2.24) is 4.90 Å². The molecule has 5 heteroatoms. The Balaban J connectivity index is 0.00000210. The van der Waals surface area contributed by atoms with Crippen molar-refractivity contribution in [3.05, 3.63) is 54.1 Å². The Bertz CT molecular complexity index is 771. The van der Waals surface area contributed by atoms with Gasteiger partial charge in [-0.15, -0.1) is 0 Å². The van der Waals surface area contributed by atoms with E-state index in [0.717, 1.165) is 31.2 Å². The smallest absolute Gasteiger partial charge is 0.255 e. The molecule has 3 N–H and O–H groups in total. The maximum absolute atomic E-state index is 12.4. The van der Waals surface area contributed by atoms with Gasteiger partial charge in [0.2, 0.25) is 0 Å². The van der Waals surface area contributed by atoms with Crippen molar-refractivity contribution in [3.63, 3.8) is 0 Å². The molecule has 1 amide bonds. The Morgan fingerprint density at radius 2 is 1.85 bits per heavy atom. The van der Waals surface area contributed by atoms with Gasteiger partial charge in [0.1, 0.15) is 11.9 Å². The lowest BCUT2D eigenvalue weighted by molar-refractivity contribution is 0.102. The van der Waals surface area contributed by atoms with Crippen LogP contribution in [-0.4, -0.2) is 36.5 Å². The van der Waals surface area contributed by atoms with Crippen LogP contribution in [0.4, 0.5) is 11.4 Å². The van der Waals surface area contributed by atoms with Crippen molar-refractivity contribution < 1.29 is 9.53 Å². The molecule has 4 rings (SSSR count). The fourth-order valence-corrected chi connectivity index (χ4v) is 3.41. The van der Waals surface area contributed by atoms with Gasteiger partial charge in [-0.25, -0.2) is 0 Å². The third-order valence-corrected chi connectivity index (χ3v) is 5.07. The maximum Gasteiger partial charge on any atom is 0.255 e. The maximum atomic E-state index is 12.4. The Kier molecular flexibility index (Phi) is 6.01. The van der Waals surface area contributed by atoms with Gasteiger partial charge in [-0.1, -0.05) is 19.6 Å². The highest BCUT2D eigenvalue weighted by Crippen LogP contribution is 2.31. The van der Waals surface area contributed by atoms with Crippen molar-refractivity contribution in [2.45, 2.75) is 32.8 Å². The molecule has 27 heavy (non-hydrogen) atoms. The van der Waals surface area contributed by atoms with Crippen LogP contribution in [0.1, 0.15) is 37.0 Å². The average molecular weight is 367 g/mol. The van der Waals surface area contributed by atoms with E-state index < -0.39 is 0 Å². The summed E-state index contributed by atoms with van der Waals surface area (Å²) in [6.07, 6.45) is 4.10. The van der Waals surface area contributed by atoms with Gasteiger partial charge >= 0.3 is 0 Å². The lowest BCUT2D eigenvalue weighted by Gasteiger charge is -2.16. The molecule has 0 aromatic heterocycles. The number of ether oxygens (including phenoxy) is 1. The summed E-state index contributed by atoms with van der Waals surface area (Å²) in [6.45, 7) is 3.35. The monoisotopic (exact) mass is 367 g/mol. The molecular weight excluding hydrogens is 338 g/mol. The summed E-state index contributed by atoms with van der Waals surface area (Å²) in [7, 11) is 0. The minimum atomic E-state index is -0.175. The number of nitrogens with two attached hydrogens (primary N) is 1. The van der Waals surface area contributed by atoms with Crippen molar-refractivity contribution in [2.75, 3.05) is 30.7 Å². The Labute approximate surface area is 161 Å². The summed E-state index contributed by atoms with van der Waals surface area (Å²) in [4.78, 5) is 14.9. The second-order valence-corrected chi connectivity index (χ2v) is 7.30. The molecule has 2 aliphatic rings. The van der Waals surface area contributed by atoms with Gasteiger partial charge in [0.15, 0.2) is 0 Å². The molecule has 5 nitrogen and oxygen atoms in total. The molecule has 0 bridgehead atoms. The van der Waals surface area contributed by atoms with E-state index in [1.54, 1.807) is 24.3 Å². The number of rotatable bonds is 6. The number of amides is 1. The third-order valence-electron chi connectivity index (χ3n) is 5.07. The minimum absolute atomic E-state index is 0. The van der Waals surface area contributed by atoms with Gasteiger partial charge in [0.05, 0.1) is 11.4 Å². The topological polar surface area (TPSA) is 67.6 Å². The molecule has 0 radical (unpaired) electrons. The highest BCUT2D eigenvalue weighted by atomic mass is 16.5. The molecular formula is C22H29N3O2. The van der Waals surface area contributed by atoms with Gasteiger partial charge in [-0.2, -0.15) is 0 Å². The van der Waals surface area contributed by atoms with Gasteiger partial charge in [-0.3, -0.25) is 9.69 Å². The second-order valence-electron chi connectivity index (χ2n) is 7.30. The third kappa shape index (κ3) is 5.01. The molecule has 1 saturated heterocycles. The lowest BCUT2D eigenvalue weighted by Crippen LogP contribution is -2.26. The number of anilines is 2. The van der Waals surface area contributed by atoms with E-state index in [4.69, 9.17) is 10.5 Å². The number of nitrogens with one attached hydrogen (secondary N) is 1. The lowest BCUT2D eigenvalue weighted by atomic mass is 10.2. The predicted molar refractivity (Wildman–Crippen MR) is 110 cm³/mol. The number of benzene rings is 2. The summed E-state index contributed by atoms with van der Waals surface area (Å²) in [5.74, 6) is 1.56. The number of hydrogen-bond donors (Lipinski definition) is 2. The number of carbonyl (C=O) groups excluding carboxylic acids is 1. The SMILES string of the molecule is C.Nc1ccccc1NC(=O)c1ccc(O[C@H]2CCN(CC3CC3)C2)cc1. The Morgan fingerprint density at radius 3 is 2.56 bits per heavy atom. The quantitative estimate of drug-likeness (QED) is 0.757. The van der Waals surface area contributed by atoms with E-state index in [1.165, 1.54) is 19.4 Å². The highest BCUT2D eigenvalue weighted by molar-refractivity contribution is 6.05. The molecule has 1 heterocycles. The van der Waals surface area contributed by atoms with Gasteiger partial charge in [-0.05, 0) is 61.6 Å². The van der Waals surface area contributed by atoms with Crippen LogP contribution in [0.15, 0.2) is 48.5 Å². The zero-order valence-corrected chi connectivity index (χ0v) is 14.9. The summed E-state index contributed by atoms with van der Waals surface area (Å²) < 4.78 is 6.09. The summed E-state index contributed by atoms with van der Waals surface area (Å²) in [5.41, 5.74) is 7.63. The van der Waals surface area contributed by atoms with Crippen LogP contribution in [0.25, 0.3) is 0 Å². The van der Waals surface area contributed by atoms with Crippen LogP contribution in [0.3, 0.4) is 0 Å². The first-order valence-corrected chi connectivity index (χ1v) is 9.32. The highest BCUT2D eigenvalue weighted by Gasteiger charge is 2.29. The molecule has 1 saturated carbocycles. The van der Waals surface area contributed by atoms with E-state index in [2.05, 4.69) is 10.2 Å².